The molecule has 1 saturated carbocycles. The SMILES string of the molecule is CN(CCNS(=O)(=O)c1cc([N+](=O)[O-])ccc1N)C1CC1. The smallest absolute Gasteiger partial charge is 0.270 e. The first kappa shape index (κ1) is 15.7. The summed E-state index contributed by atoms with van der Waals surface area (Å²) in [6, 6.07) is 3.91. The van der Waals surface area contributed by atoms with E-state index >= 15 is 0 Å². The van der Waals surface area contributed by atoms with Crippen molar-refractivity contribution in [2.24, 2.45) is 0 Å². The highest BCUT2D eigenvalue weighted by Gasteiger charge is 2.26. The highest BCUT2D eigenvalue weighted by atomic mass is 32.2. The first-order valence-electron chi connectivity index (χ1n) is 6.55. The number of non-ortho nitro benzene ring substituents is 1. The molecule has 0 saturated heterocycles. The Hall–Kier alpha value is -1.71. The third kappa shape index (κ3) is 3.90. The maximum atomic E-state index is 12.2. The number of hydrogen-bond acceptors (Lipinski definition) is 6. The van der Waals surface area contributed by atoms with Crippen LogP contribution >= 0.6 is 0 Å². The fourth-order valence-corrected chi connectivity index (χ4v) is 3.17. The molecular weight excluding hydrogens is 296 g/mol. The Kier molecular flexibility index (Phi) is 4.45. The molecule has 1 fully saturated rings. The summed E-state index contributed by atoms with van der Waals surface area (Å²) < 4.78 is 26.7. The number of sulfonamides is 1. The Morgan fingerprint density at radius 1 is 1.48 bits per heavy atom. The van der Waals surface area contributed by atoms with Crippen LogP contribution in [0, 0.1) is 10.1 Å². The predicted octanol–water partition coefficient (Wildman–Crippen LogP) is 0.549. The maximum Gasteiger partial charge on any atom is 0.270 e. The van der Waals surface area contributed by atoms with Crippen molar-refractivity contribution >= 4 is 21.4 Å². The molecular formula is C12H18N4O4S. The van der Waals surface area contributed by atoms with Crippen LogP contribution in [0.4, 0.5) is 11.4 Å². The molecule has 1 aromatic rings. The summed E-state index contributed by atoms with van der Waals surface area (Å²) >= 11 is 0. The molecule has 3 N–H and O–H groups in total. The molecule has 0 aliphatic heterocycles. The van der Waals surface area contributed by atoms with E-state index < -0.39 is 14.9 Å². The van der Waals surface area contributed by atoms with Crippen molar-refractivity contribution in [1.29, 1.82) is 0 Å². The number of nitro benzene ring substituents is 1. The van der Waals surface area contributed by atoms with Gasteiger partial charge in [0.1, 0.15) is 4.90 Å². The summed E-state index contributed by atoms with van der Waals surface area (Å²) in [6.07, 6.45) is 2.28. The number of nitrogen functional groups attached to an aromatic ring is 1. The van der Waals surface area contributed by atoms with Gasteiger partial charge in [-0.25, -0.2) is 13.1 Å². The van der Waals surface area contributed by atoms with Gasteiger partial charge >= 0.3 is 0 Å². The van der Waals surface area contributed by atoms with Crippen LogP contribution in [0.1, 0.15) is 12.8 Å². The highest BCUT2D eigenvalue weighted by Crippen LogP contribution is 2.25. The van der Waals surface area contributed by atoms with Crippen molar-refractivity contribution in [3.05, 3.63) is 28.3 Å². The van der Waals surface area contributed by atoms with Gasteiger partial charge in [-0.15, -0.1) is 0 Å². The Labute approximate surface area is 123 Å². The molecule has 8 nitrogen and oxygen atoms in total. The minimum atomic E-state index is -3.85. The number of nitro groups is 1. The minimum Gasteiger partial charge on any atom is -0.398 e. The van der Waals surface area contributed by atoms with Crippen molar-refractivity contribution in [3.63, 3.8) is 0 Å². The molecule has 21 heavy (non-hydrogen) atoms. The molecule has 116 valence electrons. The van der Waals surface area contributed by atoms with Crippen LogP contribution in [-0.2, 0) is 10.0 Å². The molecule has 0 atom stereocenters. The van der Waals surface area contributed by atoms with Gasteiger partial charge in [-0.2, -0.15) is 0 Å². The summed E-state index contributed by atoms with van der Waals surface area (Å²) in [5, 5.41) is 10.7. The maximum absolute atomic E-state index is 12.2. The minimum absolute atomic E-state index is 0.0105. The number of benzene rings is 1. The topological polar surface area (TPSA) is 119 Å². The average Bonchev–Trinajstić information content (AvgIpc) is 3.22. The van der Waals surface area contributed by atoms with E-state index in [0.717, 1.165) is 18.9 Å². The van der Waals surface area contributed by atoms with Crippen molar-refractivity contribution in [3.8, 4) is 0 Å². The van der Waals surface area contributed by atoms with Gasteiger partial charge in [0.2, 0.25) is 10.0 Å². The second kappa shape index (κ2) is 5.96. The van der Waals surface area contributed by atoms with Crippen LogP contribution in [0.3, 0.4) is 0 Å². The van der Waals surface area contributed by atoms with Gasteiger partial charge in [-0.1, -0.05) is 0 Å². The summed E-state index contributed by atoms with van der Waals surface area (Å²) in [5.41, 5.74) is 5.30. The number of nitrogens with one attached hydrogen (secondary N) is 1. The van der Waals surface area contributed by atoms with Crippen LogP contribution in [-0.4, -0.2) is 44.4 Å². The van der Waals surface area contributed by atoms with Crippen LogP contribution < -0.4 is 10.5 Å². The van der Waals surface area contributed by atoms with Gasteiger partial charge in [0.25, 0.3) is 5.69 Å². The molecule has 0 heterocycles. The predicted molar refractivity (Wildman–Crippen MR) is 78.3 cm³/mol. The van der Waals surface area contributed by atoms with E-state index in [1.807, 2.05) is 7.05 Å². The lowest BCUT2D eigenvalue weighted by atomic mass is 10.3. The molecule has 0 unspecified atom stereocenters. The van der Waals surface area contributed by atoms with Crippen LogP contribution in [0.2, 0.25) is 0 Å². The third-order valence-corrected chi connectivity index (χ3v) is 4.94. The van der Waals surface area contributed by atoms with Gasteiger partial charge in [-0.05, 0) is 26.0 Å². The first-order chi connectivity index (χ1) is 9.81. The van der Waals surface area contributed by atoms with E-state index in [2.05, 4.69) is 9.62 Å². The van der Waals surface area contributed by atoms with E-state index in [-0.39, 0.29) is 22.8 Å². The zero-order valence-corrected chi connectivity index (χ0v) is 12.5. The molecule has 1 aliphatic rings. The molecule has 0 radical (unpaired) electrons. The Morgan fingerprint density at radius 3 is 2.71 bits per heavy atom. The number of nitrogens with two attached hydrogens (primary N) is 1. The lowest BCUT2D eigenvalue weighted by Crippen LogP contribution is -2.34. The van der Waals surface area contributed by atoms with E-state index in [9.17, 15) is 18.5 Å². The van der Waals surface area contributed by atoms with Crippen LogP contribution in [0.25, 0.3) is 0 Å². The molecule has 0 amide bonds. The number of hydrogen-bond donors (Lipinski definition) is 2. The number of likely N-dealkylation sites (N-methyl/N-ethyl adjacent to an activating group) is 1. The van der Waals surface area contributed by atoms with Crippen molar-refractivity contribution < 1.29 is 13.3 Å². The Bertz CT molecular complexity index is 643. The van der Waals surface area contributed by atoms with Gasteiger partial charge in [0, 0.05) is 31.3 Å². The summed E-state index contributed by atoms with van der Waals surface area (Å²) in [5.74, 6) is 0. The fraction of sp³-hybridized carbons (Fsp3) is 0.500. The van der Waals surface area contributed by atoms with Crippen LogP contribution in [0.15, 0.2) is 23.1 Å². The van der Waals surface area contributed by atoms with Crippen molar-refractivity contribution in [2.75, 3.05) is 25.9 Å². The summed E-state index contributed by atoms with van der Waals surface area (Å²) in [6.45, 7) is 0.816. The molecule has 0 bridgehead atoms. The van der Waals surface area contributed by atoms with E-state index in [4.69, 9.17) is 5.73 Å². The number of anilines is 1. The van der Waals surface area contributed by atoms with Gasteiger partial charge in [-0.3, -0.25) is 10.1 Å². The average molecular weight is 314 g/mol. The zero-order chi connectivity index (χ0) is 15.6. The molecule has 2 rings (SSSR count). The lowest BCUT2D eigenvalue weighted by Gasteiger charge is -2.16. The summed E-state index contributed by atoms with van der Waals surface area (Å²) in [4.78, 5) is 11.9. The van der Waals surface area contributed by atoms with Gasteiger partial charge in [0.05, 0.1) is 10.6 Å². The van der Waals surface area contributed by atoms with E-state index in [0.29, 0.717) is 12.6 Å². The Balaban J connectivity index is 2.07. The standard InChI is InChI=1S/C12H18N4O4S/c1-15(9-2-3-9)7-6-14-21(19,20)12-8-10(16(17)18)4-5-11(12)13/h4-5,8-9,14H,2-3,6-7,13H2,1H3. The van der Waals surface area contributed by atoms with Crippen molar-refractivity contribution in [1.82, 2.24) is 9.62 Å². The summed E-state index contributed by atoms with van der Waals surface area (Å²) in [7, 11) is -1.92. The lowest BCUT2D eigenvalue weighted by molar-refractivity contribution is -0.385. The molecule has 9 heteroatoms. The fourth-order valence-electron chi connectivity index (χ4n) is 2.00. The van der Waals surface area contributed by atoms with E-state index in [1.165, 1.54) is 12.1 Å². The van der Waals surface area contributed by atoms with E-state index in [1.54, 1.807) is 0 Å². The van der Waals surface area contributed by atoms with Gasteiger partial charge in [0.15, 0.2) is 0 Å². The second-order valence-corrected chi connectivity index (χ2v) is 6.82. The van der Waals surface area contributed by atoms with Crippen LogP contribution in [0.5, 0.6) is 0 Å². The Morgan fingerprint density at radius 2 is 2.14 bits per heavy atom. The largest absolute Gasteiger partial charge is 0.398 e. The molecule has 1 aliphatic carbocycles. The third-order valence-electron chi connectivity index (χ3n) is 3.42. The quantitative estimate of drug-likeness (QED) is 0.431. The number of nitrogens with zero attached hydrogens (tertiary/aromatic N) is 2. The molecule has 1 aromatic carbocycles. The van der Waals surface area contributed by atoms with Gasteiger partial charge < -0.3 is 10.6 Å². The first-order valence-corrected chi connectivity index (χ1v) is 8.03. The normalized spacial score (nSPS) is 15.3. The monoisotopic (exact) mass is 314 g/mol. The molecule has 0 spiro atoms. The highest BCUT2D eigenvalue weighted by molar-refractivity contribution is 7.89. The number of rotatable bonds is 7. The molecule has 0 aromatic heterocycles. The second-order valence-electron chi connectivity index (χ2n) is 5.09. The zero-order valence-electron chi connectivity index (χ0n) is 11.7. The van der Waals surface area contributed by atoms with Crippen molar-refractivity contribution in [2.45, 2.75) is 23.8 Å².